The highest BCUT2D eigenvalue weighted by Crippen LogP contribution is 2.27. The standard InChI is InChI=1S/C23H20ClN3O3/c1-3-30-22(28)15-27-14-17(20-10-9-18(24)12-21(20)27)11-16(13-25)23(29)26(2)19-7-5-4-6-8-19/h4-12,14H,3,15H2,1-2H3/b16-11+. The number of nitriles is 1. The second-order valence-electron chi connectivity index (χ2n) is 6.55. The fraction of sp³-hybridized carbons (Fsp3) is 0.174. The highest BCUT2D eigenvalue weighted by Gasteiger charge is 2.18. The van der Waals surface area contributed by atoms with Gasteiger partial charge < -0.3 is 14.2 Å². The molecule has 0 radical (unpaired) electrons. The number of aromatic nitrogens is 1. The second kappa shape index (κ2) is 9.29. The van der Waals surface area contributed by atoms with Gasteiger partial charge in [-0.3, -0.25) is 9.59 Å². The molecule has 152 valence electrons. The molecule has 0 atom stereocenters. The smallest absolute Gasteiger partial charge is 0.325 e. The lowest BCUT2D eigenvalue weighted by Gasteiger charge is -2.16. The Hall–Kier alpha value is -3.56. The summed E-state index contributed by atoms with van der Waals surface area (Å²) in [6.45, 7) is 2.02. The minimum atomic E-state index is -0.427. The number of nitrogens with zero attached hydrogens (tertiary/aromatic N) is 3. The summed E-state index contributed by atoms with van der Waals surface area (Å²) >= 11 is 6.13. The Morgan fingerprint density at radius 1 is 1.23 bits per heavy atom. The van der Waals surface area contributed by atoms with E-state index in [1.807, 2.05) is 24.3 Å². The van der Waals surface area contributed by atoms with Gasteiger partial charge in [0.1, 0.15) is 18.2 Å². The maximum absolute atomic E-state index is 12.9. The van der Waals surface area contributed by atoms with E-state index in [1.54, 1.807) is 55.1 Å². The van der Waals surface area contributed by atoms with Crippen molar-refractivity contribution >= 4 is 46.1 Å². The van der Waals surface area contributed by atoms with Crippen LogP contribution in [0.2, 0.25) is 5.02 Å². The molecular formula is C23H20ClN3O3. The van der Waals surface area contributed by atoms with Gasteiger partial charge in [0.25, 0.3) is 5.91 Å². The van der Waals surface area contributed by atoms with E-state index in [0.29, 0.717) is 21.8 Å². The molecule has 0 aliphatic rings. The zero-order valence-corrected chi connectivity index (χ0v) is 17.4. The Bertz CT molecular complexity index is 1160. The molecule has 7 heteroatoms. The first-order valence-corrected chi connectivity index (χ1v) is 9.71. The molecule has 0 fully saturated rings. The van der Waals surface area contributed by atoms with Crippen LogP contribution in [0.25, 0.3) is 17.0 Å². The van der Waals surface area contributed by atoms with Crippen molar-refractivity contribution in [3.8, 4) is 6.07 Å². The average molecular weight is 422 g/mol. The number of anilines is 1. The van der Waals surface area contributed by atoms with Gasteiger partial charge in [-0.25, -0.2) is 0 Å². The van der Waals surface area contributed by atoms with Crippen LogP contribution in [0.4, 0.5) is 5.69 Å². The van der Waals surface area contributed by atoms with Gasteiger partial charge in [-0.15, -0.1) is 0 Å². The molecule has 30 heavy (non-hydrogen) atoms. The van der Waals surface area contributed by atoms with Crippen LogP contribution in [-0.4, -0.2) is 30.1 Å². The van der Waals surface area contributed by atoms with E-state index < -0.39 is 5.91 Å². The van der Waals surface area contributed by atoms with Gasteiger partial charge >= 0.3 is 5.97 Å². The van der Waals surface area contributed by atoms with Crippen LogP contribution in [0.5, 0.6) is 0 Å². The van der Waals surface area contributed by atoms with Crippen molar-refractivity contribution in [2.45, 2.75) is 13.5 Å². The molecule has 1 heterocycles. The number of para-hydroxylation sites is 1. The monoisotopic (exact) mass is 421 g/mol. The lowest BCUT2D eigenvalue weighted by molar-refractivity contribution is -0.143. The van der Waals surface area contributed by atoms with E-state index in [0.717, 1.165) is 5.39 Å². The average Bonchev–Trinajstić information content (AvgIpc) is 3.07. The quantitative estimate of drug-likeness (QED) is 0.335. The predicted molar refractivity (Wildman–Crippen MR) is 117 cm³/mol. The fourth-order valence-corrected chi connectivity index (χ4v) is 3.30. The number of hydrogen-bond acceptors (Lipinski definition) is 4. The van der Waals surface area contributed by atoms with Gasteiger partial charge in [-0.05, 0) is 37.3 Å². The summed E-state index contributed by atoms with van der Waals surface area (Å²) in [5.41, 5.74) is 2.01. The van der Waals surface area contributed by atoms with Crippen molar-refractivity contribution in [1.29, 1.82) is 5.26 Å². The number of carbonyl (C=O) groups is 2. The molecule has 0 saturated heterocycles. The van der Waals surface area contributed by atoms with E-state index in [2.05, 4.69) is 0 Å². The molecule has 6 nitrogen and oxygen atoms in total. The summed E-state index contributed by atoms with van der Waals surface area (Å²) in [6.07, 6.45) is 3.24. The van der Waals surface area contributed by atoms with Gasteiger partial charge in [-0.2, -0.15) is 5.26 Å². The molecule has 0 aliphatic carbocycles. The normalized spacial score (nSPS) is 11.2. The summed E-state index contributed by atoms with van der Waals surface area (Å²) in [6, 6.07) is 16.3. The SMILES string of the molecule is CCOC(=O)Cn1cc(/C=C(\C#N)C(=O)N(C)c2ccccc2)c2ccc(Cl)cc21. The van der Waals surface area contributed by atoms with Crippen molar-refractivity contribution in [2.24, 2.45) is 0 Å². The first kappa shape index (κ1) is 21.2. The number of fused-ring (bicyclic) bond motifs is 1. The van der Waals surface area contributed by atoms with Gasteiger partial charge in [0.15, 0.2) is 0 Å². The number of amides is 1. The molecular weight excluding hydrogens is 402 g/mol. The zero-order chi connectivity index (χ0) is 21.7. The number of halogens is 1. The molecule has 2 aromatic carbocycles. The van der Waals surface area contributed by atoms with E-state index >= 15 is 0 Å². The summed E-state index contributed by atoms with van der Waals surface area (Å²) < 4.78 is 6.73. The van der Waals surface area contributed by atoms with Crippen molar-refractivity contribution < 1.29 is 14.3 Å². The number of benzene rings is 2. The van der Waals surface area contributed by atoms with Crippen LogP contribution in [0.3, 0.4) is 0 Å². The maximum Gasteiger partial charge on any atom is 0.325 e. The van der Waals surface area contributed by atoms with Gasteiger partial charge in [0.05, 0.1) is 12.1 Å². The Kier molecular flexibility index (Phi) is 6.55. The lowest BCUT2D eigenvalue weighted by atomic mass is 10.1. The largest absolute Gasteiger partial charge is 0.465 e. The molecule has 3 rings (SSSR count). The molecule has 3 aromatic rings. The third kappa shape index (κ3) is 4.53. The summed E-state index contributed by atoms with van der Waals surface area (Å²) in [5, 5.41) is 10.9. The van der Waals surface area contributed by atoms with Crippen molar-refractivity contribution in [3.05, 3.63) is 70.9 Å². The Morgan fingerprint density at radius 2 is 1.97 bits per heavy atom. The fourth-order valence-electron chi connectivity index (χ4n) is 3.13. The number of rotatable bonds is 6. The van der Waals surface area contributed by atoms with E-state index in [4.69, 9.17) is 16.3 Å². The van der Waals surface area contributed by atoms with Crippen LogP contribution in [-0.2, 0) is 20.9 Å². The van der Waals surface area contributed by atoms with Crippen LogP contribution in [0, 0.1) is 11.3 Å². The minimum Gasteiger partial charge on any atom is -0.465 e. The lowest BCUT2D eigenvalue weighted by Crippen LogP contribution is -2.27. The molecule has 0 saturated carbocycles. The minimum absolute atomic E-state index is 0.00171. The summed E-state index contributed by atoms with van der Waals surface area (Å²) in [7, 11) is 1.62. The second-order valence-corrected chi connectivity index (χ2v) is 6.98. The molecule has 0 N–H and O–H groups in total. The Labute approximate surface area is 179 Å². The van der Waals surface area contributed by atoms with E-state index in [1.165, 1.54) is 11.0 Å². The molecule has 0 unspecified atom stereocenters. The third-order valence-corrected chi connectivity index (χ3v) is 4.81. The highest BCUT2D eigenvalue weighted by atomic mass is 35.5. The molecule has 1 aromatic heterocycles. The first-order valence-electron chi connectivity index (χ1n) is 9.33. The van der Waals surface area contributed by atoms with Crippen LogP contribution in [0.1, 0.15) is 12.5 Å². The predicted octanol–water partition coefficient (Wildman–Crippen LogP) is 4.43. The zero-order valence-electron chi connectivity index (χ0n) is 16.6. The first-order chi connectivity index (χ1) is 14.4. The topological polar surface area (TPSA) is 75.3 Å². The molecule has 0 bridgehead atoms. The Morgan fingerprint density at radius 3 is 2.63 bits per heavy atom. The number of carbonyl (C=O) groups excluding carboxylic acids is 2. The van der Waals surface area contributed by atoms with Crippen LogP contribution < -0.4 is 4.90 Å². The van der Waals surface area contributed by atoms with E-state index in [9.17, 15) is 14.9 Å². The Balaban J connectivity index is 2.02. The summed E-state index contributed by atoms with van der Waals surface area (Å²) in [4.78, 5) is 26.3. The van der Waals surface area contributed by atoms with Crippen molar-refractivity contribution in [2.75, 3.05) is 18.6 Å². The summed E-state index contributed by atoms with van der Waals surface area (Å²) in [5.74, 6) is -0.811. The van der Waals surface area contributed by atoms with Crippen LogP contribution >= 0.6 is 11.6 Å². The maximum atomic E-state index is 12.9. The van der Waals surface area contributed by atoms with Gasteiger partial charge in [0, 0.05) is 34.9 Å². The number of hydrogen-bond donors (Lipinski definition) is 0. The van der Waals surface area contributed by atoms with Crippen molar-refractivity contribution in [1.82, 2.24) is 4.57 Å². The molecule has 1 amide bonds. The number of esters is 1. The number of likely N-dealkylation sites (N-methyl/N-ethyl adjacent to an activating group) is 1. The molecule has 0 aliphatic heterocycles. The number of ether oxygens (including phenoxy) is 1. The van der Waals surface area contributed by atoms with E-state index in [-0.39, 0.29) is 24.7 Å². The van der Waals surface area contributed by atoms with Gasteiger partial charge in [-0.1, -0.05) is 35.9 Å². The van der Waals surface area contributed by atoms with Gasteiger partial charge in [0.2, 0.25) is 0 Å². The molecule has 0 spiro atoms. The third-order valence-electron chi connectivity index (χ3n) is 4.58. The highest BCUT2D eigenvalue weighted by molar-refractivity contribution is 6.31. The van der Waals surface area contributed by atoms with Crippen LogP contribution in [0.15, 0.2) is 60.3 Å². The van der Waals surface area contributed by atoms with Crippen molar-refractivity contribution in [3.63, 3.8) is 0 Å².